The maximum atomic E-state index is 12.0. The molecular formula is C20H33N3O3. The van der Waals surface area contributed by atoms with Crippen LogP contribution in [0.25, 0.3) is 0 Å². The van der Waals surface area contributed by atoms with Crippen LogP contribution >= 0.6 is 0 Å². The Hall–Kier alpha value is -2.08. The predicted octanol–water partition coefficient (Wildman–Crippen LogP) is 2.95. The maximum Gasteiger partial charge on any atom is 0.251 e. The van der Waals surface area contributed by atoms with Crippen molar-refractivity contribution in [2.45, 2.75) is 45.4 Å². The van der Waals surface area contributed by atoms with Gasteiger partial charge in [-0.1, -0.05) is 32.6 Å². The fourth-order valence-corrected chi connectivity index (χ4v) is 2.46. The zero-order chi connectivity index (χ0) is 19.0. The van der Waals surface area contributed by atoms with Crippen LogP contribution in [0.4, 0.5) is 5.69 Å². The van der Waals surface area contributed by atoms with E-state index in [4.69, 9.17) is 4.74 Å². The largest absolute Gasteiger partial charge is 0.385 e. The van der Waals surface area contributed by atoms with Crippen molar-refractivity contribution in [1.82, 2.24) is 10.6 Å². The molecule has 0 saturated heterocycles. The highest BCUT2D eigenvalue weighted by Gasteiger charge is 2.05. The molecule has 0 saturated carbocycles. The summed E-state index contributed by atoms with van der Waals surface area (Å²) < 4.78 is 4.95. The number of methoxy groups -OCH3 is 1. The van der Waals surface area contributed by atoms with Crippen molar-refractivity contribution in [3.8, 4) is 0 Å². The summed E-state index contributed by atoms with van der Waals surface area (Å²) in [7, 11) is 1.64. The van der Waals surface area contributed by atoms with Crippen molar-refractivity contribution in [3.63, 3.8) is 0 Å². The molecule has 1 aromatic rings. The lowest BCUT2D eigenvalue weighted by molar-refractivity contribution is -0.119. The topological polar surface area (TPSA) is 79.5 Å². The van der Waals surface area contributed by atoms with E-state index in [-0.39, 0.29) is 18.4 Å². The monoisotopic (exact) mass is 363 g/mol. The number of rotatable bonds is 14. The Balaban J connectivity index is 2.21. The molecule has 26 heavy (non-hydrogen) atoms. The number of carbonyl (C=O) groups is 2. The van der Waals surface area contributed by atoms with Crippen molar-refractivity contribution < 1.29 is 14.3 Å². The Labute approximate surface area is 157 Å². The molecule has 0 aliphatic carbocycles. The van der Waals surface area contributed by atoms with E-state index in [1.54, 1.807) is 19.2 Å². The molecule has 0 bridgehead atoms. The van der Waals surface area contributed by atoms with Gasteiger partial charge in [0.15, 0.2) is 0 Å². The molecule has 0 spiro atoms. The summed E-state index contributed by atoms with van der Waals surface area (Å²) in [5.74, 6) is -0.117. The number of amides is 2. The van der Waals surface area contributed by atoms with E-state index in [0.29, 0.717) is 18.7 Å². The molecule has 6 heteroatoms. The van der Waals surface area contributed by atoms with Gasteiger partial charge in [0.25, 0.3) is 5.91 Å². The molecule has 0 aliphatic heterocycles. The molecule has 0 atom stereocenters. The molecule has 1 rings (SSSR count). The summed E-state index contributed by atoms with van der Waals surface area (Å²) >= 11 is 0. The zero-order valence-electron chi connectivity index (χ0n) is 16.1. The average Bonchev–Trinajstić information content (AvgIpc) is 2.66. The lowest BCUT2D eigenvalue weighted by Crippen LogP contribution is -2.30. The second kappa shape index (κ2) is 14.1. The van der Waals surface area contributed by atoms with Gasteiger partial charge in [0, 0.05) is 38.1 Å². The fourth-order valence-electron chi connectivity index (χ4n) is 2.46. The normalized spacial score (nSPS) is 10.4. The SMILES string of the molecule is CCCCCCCNC(=O)CNc1ccc(C(=O)NCCCOC)cc1. The average molecular weight is 364 g/mol. The molecule has 0 heterocycles. The van der Waals surface area contributed by atoms with Gasteiger partial charge in [-0.15, -0.1) is 0 Å². The fraction of sp³-hybridized carbons (Fsp3) is 0.600. The van der Waals surface area contributed by atoms with Crippen LogP contribution in [0.15, 0.2) is 24.3 Å². The van der Waals surface area contributed by atoms with Gasteiger partial charge in [-0.3, -0.25) is 9.59 Å². The van der Waals surface area contributed by atoms with Crippen molar-refractivity contribution in [1.29, 1.82) is 0 Å². The first-order valence-corrected chi connectivity index (χ1v) is 9.55. The molecule has 1 aromatic carbocycles. The van der Waals surface area contributed by atoms with Crippen LogP contribution in [0.3, 0.4) is 0 Å². The standard InChI is InChI=1S/C20H33N3O3/c1-3-4-5-6-7-13-21-19(24)16-23-18-11-9-17(10-12-18)20(25)22-14-8-15-26-2/h9-12,23H,3-8,13-16H2,1-2H3,(H,21,24)(H,22,25). The third-order valence-electron chi connectivity index (χ3n) is 4.01. The third kappa shape index (κ3) is 10.0. The first-order valence-electron chi connectivity index (χ1n) is 9.55. The van der Waals surface area contributed by atoms with Gasteiger partial charge in [0.1, 0.15) is 0 Å². The summed E-state index contributed by atoms with van der Waals surface area (Å²) in [6.07, 6.45) is 6.70. The summed E-state index contributed by atoms with van der Waals surface area (Å²) in [5.41, 5.74) is 1.42. The number of nitrogens with one attached hydrogen (secondary N) is 3. The number of hydrogen-bond donors (Lipinski definition) is 3. The molecule has 0 fully saturated rings. The Morgan fingerprint density at radius 1 is 0.923 bits per heavy atom. The third-order valence-corrected chi connectivity index (χ3v) is 4.01. The van der Waals surface area contributed by atoms with Gasteiger partial charge in [-0.25, -0.2) is 0 Å². The minimum absolute atomic E-state index is 0.0135. The van der Waals surface area contributed by atoms with Gasteiger partial charge in [-0.05, 0) is 37.1 Å². The van der Waals surface area contributed by atoms with Crippen LogP contribution in [0.1, 0.15) is 55.8 Å². The maximum absolute atomic E-state index is 12.0. The van der Waals surface area contributed by atoms with Gasteiger partial charge < -0.3 is 20.7 Å². The van der Waals surface area contributed by atoms with Crippen molar-refractivity contribution in [2.75, 3.05) is 38.7 Å². The quantitative estimate of drug-likeness (QED) is 0.444. The first kappa shape index (κ1) is 22.0. The number of anilines is 1. The van der Waals surface area contributed by atoms with Crippen molar-refractivity contribution in [2.24, 2.45) is 0 Å². The van der Waals surface area contributed by atoms with E-state index >= 15 is 0 Å². The number of hydrogen-bond acceptors (Lipinski definition) is 4. The lowest BCUT2D eigenvalue weighted by atomic mass is 10.1. The molecule has 2 amide bonds. The number of benzene rings is 1. The molecule has 0 radical (unpaired) electrons. The van der Waals surface area contributed by atoms with Crippen LogP contribution < -0.4 is 16.0 Å². The summed E-state index contributed by atoms with van der Waals surface area (Å²) in [6, 6.07) is 7.11. The molecule has 3 N–H and O–H groups in total. The van der Waals surface area contributed by atoms with E-state index < -0.39 is 0 Å². The van der Waals surface area contributed by atoms with Gasteiger partial charge >= 0.3 is 0 Å². The summed E-state index contributed by atoms with van der Waals surface area (Å²) in [4.78, 5) is 23.8. The van der Waals surface area contributed by atoms with Crippen LogP contribution in [-0.4, -0.2) is 45.2 Å². The van der Waals surface area contributed by atoms with Gasteiger partial charge in [0.05, 0.1) is 6.54 Å². The molecule has 0 aliphatic rings. The molecular weight excluding hydrogens is 330 g/mol. The molecule has 0 aromatic heterocycles. The number of ether oxygens (including phenoxy) is 1. The summed E-state index contributed by atoms with van der Waals surface area (Å²) in [5, 5.41) is 8.83. The van der Waals surface area contributed by atoms with Crippen LogP contribution in [0.5, 0.6) is 0 Å². The smallest absolute Gasteiger partial charge is 0.251 e. The number of unbranched alkanes of at least 4 members (excludes halogenated alkanes) is 4. The minimum atomic E-state index is -0.103. The van der Waals surface area contributed by atoms with Gasteiger partial charge in [-0.2, -0.15) is 0 Å². The first-order chi connectivity index (χ1) is 12.7. The Morgan fingerprint density at radius 3 is 2.31 bits per heavy atom. The van der Waals surface area contributed by atoms with E-state index in [1.807, 2.05) is 12.1 Å². The molecule has 146 valence electrons. The van der Waals surface area contributed by atoms with Crippen molar-refractivity contribution >= 4 is 17.5 Å². The lowest BCUT2D eigenvalue weighted by Gasteiger charge is -2.09. The van der Waals surface area contributed by atoms with E-state index in [9.17, 15) is 9.59 Å². The Kier molecular flexibility index (Phi) is 11.9. The van der Waals surface area contributed by atoms with Crippen molar-refractivity contribution in [3.05, 3.63) is 29.8 Å². The molecule has 0 unspecified atom stereocenters. The highest BCUT2D eigenvalue weighted by Crippen LogP contribution is 2.09. The Bertz CT molecular complexity index is 518. The number of carbonyl (C=O) groups excluding carboxylic acids is 2. The highest BCUT2D eigenvalue weighted by atomic mass is 16.5. The summed E-state index contributed by atoms with van der Waals surface area (Å²) in [6.45, 7) is 4.37. The van der Waals surface area contributed by atoms with Crippen LogP contribution in [0.2, 0.25) is 0 Å². The minimum Gasteiger partial charge on any atom is -0.385 e. The second-order valence-corrected chi connectivity index (χ2v) is 6.30. The highest BCUT2D eigenvalue weighted by molar-refractivity contribution is 5.94. The van der Waals surface area contributed by atoms with Crippen LogP contribution in [0, 0.1) is 0 Å². The van der Waals surface area contributed by atoms with E-state index in [1.165, 1.54) is 19.3 Å². The van der Waals surface area contributed by atoms with Gasteiger partial charge in [0.2, 0.25) is 5.91 Å². The van der Waals surface area contributed by atoms with E-state index in [0.717, 1.165) is 31.5 Å². The zero-order valence-corrected chi connectivity index (χ0v) is 16.1. The second-order valence-electron chi connectivity index (χ2n) is 6.30. The molecule has 6 nitrogen and oxygen atoms in total. The van der Waals surface area contributed by atoms with E-state index in [2.05, 4.69) is 22.9 Å². The Morgan fingerprint density at radius 2 is 1.62 bits per heavy atom. The predicted molar refractivity (Wildman–Crippen MR) is 106 cm³/mol. The van der Waals surface area contributed by atoms with Crippen LogP contribution in [-0.2, 0) is 9.53 Å².